The van der Waals surface area contributed by atoms with Crippen molar-refractivity contribution < 1.29 is 14.3 Å². The molecule has 2 heterocycles. The molecule has 3 rings (SSSR count). The van der Waals surface area contributed by atoms with Crippen molar-refractivity contribution in [1.82, 2.24) is 9.72 Å². The van der Waals surface area contributed by atoms with Gasteiger partial charge >= 0.3 is 0 Å². The zero-order valence-corrected chi connectivity index (χ0v) is 15.9. The molecule has 0 radical (unpaired) electrons. The summed E-state index contributed by atoms with van der Waals surface area (Å²) in [5.41, 5.74) is 2.82. The first kappa shape index (κ1) is 18.7. The largest absolute Gasteiger partial charge is 0.497 e. The molecule has 5 nitrogen and oxygen atoms in total. The van der Waals surface area contributed by atoms with E-state index in [9.17, 15) is 9.59 Å². The van der Waals surface area contributed by atoms with Crippen molar-refractivity contribution in [2.45, 2.75) is 32.7 Å². The van der Waals surface area contributed by atoms with Crippen molar-refractivity contribution in [2.24, 2.45) is 0 Å². The molecule has 140 valence electrons. The summed E-state index contributed by atoms with van der Waals surface area (Å²) in [5.74, 6) is -0.369. The molecular formula is C22H24N2O3. The van der Waals surface area contributed by atoms with Crippen LogP contribution in [0.5, 0.6) is 5.75 Å². The van der Waals surface area contributed by atoms with Crippen LogP contribution in [0.1, 0.15) is 37.2 Å². The number of carbonyl (C=O) groups excluding carboxylic acids is 2. The van der Waals surface area contributed by atoms with Crippen LogP contribution >= 0.6 is 0 Å². The monoisotopic (exact) mass is 364 g/mol. The number of hydrogen-bond acceptors (Lipinski definition) is 3. The van der Waals surface area contributed by atoms with Gasteiger partial charge in [-0.1, -0.05) is 31.5 Å². The SMILES string of the molecule is CCC[C@@H](C)NC(=O)C(=O)c1c(-c2ccc(OC)cc2)cc2ccccn12. The molecule has 1 atom stereocenters. The summed E-state index contributed by atoms with van der Waals surface area (Å²) in [7, 11) is 1.61. The first-order chi connectivity index (χ1) is 13.0. The molecule has 0 unspecified atom stereocenters. The van der Waals surface area contributed by atoms with Crippen molar-refractivity contribution in [1.29, 1.82) is 0 Å². The maximum Gasteiger partial charge on any atom is 0.294 e. The molecule has 27 heavy (non-hydrogen) atoms. The molecule has 0 spiro atoms. The normalized spacial score (nSPS) is 12.0. The van der Waals surface area contributed by atoms with Gasteiger partial charge in [0.15, 0.2) is 0 Å². The van der Waals surface area contributed by atoms with E-state index >= 15 is 0 Å². The summed E-state index contributed by atoms with van der Waals surface area (Å²) in [6, 6.07) is 15.0. The zero-order chi connectivity index (χ0) is 19.4. The first-order valence-electron chi connectivity index (χ1n) is 9.14. The Hall–Kier alpha value is -3.08. The quantitative estimate of drug-likeness (QED) is 0.507. The Labute approximate surface area is 159 Å². The number of nitrogens with one attached hydrogen (secondary N) is 1. The lowest BCUT2D eigenvalue weighted by Gasteiger charge is -2.13. The number of pyridine rings is 1. The smallest absolute Gasteiger partial charge is 0.294 e. The summed E-state index contributed by atoms with van der Waals surface area (Å²) in [5, 5.41) is 2.81. The number of amides is 1. The number of aromatic nitrogens is 1. The molecule has 0 fully saturated rings. The van der Waals surface area contributed by atoms with E-state index in [1.807, 2.05) is 62.4 Å². The minimum Gasteiger partial charge on any atom is -0.497 e. The zero-order valence-electron chi connectivity index (χ0n) is 15.9. The molecule has 0 saturated heterocycles. The maximum atomic E-state index is 13.0. The van der Waals surface area contributed by atoms with Gasteiger partial charge < -0.3 is 14.5 Å². The first-order valence-corrected chi connectivity index (χ1v) is 9.14. The molecule has 1 aromatic carbocycles. The standard InChI is InChI=1S/C22H24N2O3/c1-4-7-15(2)23-22(26)21(25)20-19(14-17-8-5-6-13-24(17)20)16-9-11-18(27-3)12-10-16/h5-6,8-15H,4,7H2,1-3H3,(H,23,26)/t15-/m1/s1. The molecule has 0 aliphatic rings. The van der Waals surface area contributed by atoms with E-state index in [1.165, 1.54) is 0 Å². The summed E-state index contributed by atoms with van der Waals surface area (Å²) in [4.78, 5) is 25.6. The lowest BCUT2D eigenvalue weighted by atomic mass is 10.0. The van der Waals surface area contributed by atoms with Gasteiger partial charge in [-0.25, -0.2) is 0 Å². The fourth-order valence-corrected chi connectivity index (χ4v) is 3.25. The molecule has 0 saturated carbocycles. The number of Topliss-reactive ketones (excluding diaryl/α,β-unsaturated/α-hetero) is 1. The van der Waals surface area contributed by atoms with E-state index in [-0.39, 0.29) is 6.04 Å². The average Bonchev–Trinajstić information content (AvgIpc) is 3.07. The Morgan fingerprint density at radius 3 is 2.56 bits per heavy atom. The number of hydrogen-bond donors (Lipinski definition) is 1. The Kier molecular flexibility index (Phi) is 5.60. The van der Waals surface area contributed by atoms with Gasteiger partial charge in [-0.3, -0.25) is 9.59 Å². The molecule has 3 aromatic rings. The van der Waals surface area contributed by atoms with Crippen molar-refractivity contribution in [3.8, 4) is 16.9 Å². The highest BCUT2D eigenvalue weighted by Crippen LogP contribution is 2.29. The van der Waals surface area contributed by atoms with Gasteiger partial charge in [-0.05, 0) is 49.2 Å². The van der Waals surface area contributed by atoms with Gasteiger partial charge in [0.05, 0.1) is 7.11 Å². The lowest BCUT2D eigenvalue weighted by Crippen LogP contribution is -2.38. The van der Waals surface area contributed by atoms with E-state index in [2.05, 4.69) is 5.32 Å². The van der Waals surface area contributed by atoms with Crippen molar-refractivity contribution in [2.75, 3.05) is 7.11 Å². The molecule has 2 aromatic heterocycles. The van der Waals surface area contributed by atoms with E-state index in [0.29, 0.717) is 5.69 Å². The van der Waals surface area contributed by atoms with Gasteiger partial charge in [0, 0.05) is 23.3 Å². The predicted octanol–water partition coefficient (Wildman–Crippen LogP) is 4.10. The van der Waals surface area contributed by atoms with Crippen LogP contribution in [0.15, 0.2) is 54.7 Å². The topological polar surface area (TPSA) is 59.8 Å². The third-order valence-electron chi connectivity index (χ3n) is 4.60. The number of ether oxygens (including phenoxy) is 1. The number of fused-ring (bicyclic) bond motifs is 1. The van der Waals surface area contributed by atoms with Gasteiger partial charge in [-0.2, -0.15) is 0 Å². The van der Waals surface area contributed by atoms with Crippen LogP contribution in [0.4, 0.5) is 0 Å². The van der Waals surface area contributed by atoms with Crippen molar-refractivity contribution in [3.63, 3.8) is 0 Å². The molecule has 1 N–H and O–H groups in total. The predicted molar refractivity (Wildman–Crippen MR) is 106 cm³/mol. The van der Waals surface area contributed by atoms with Crippen molar-refractivity contribution >= 4 is 17.2 Å². The number of carbonyl (C=O) groups is 2. The molecular weight excluding hydrogens is 340 g/mol. The second-order valence-corrected chi connectivity index (χ2v) is 6.62. The van der Waals surface area contributed by atoms with Crippen LogP contribution in [0.2, 0.25) is 0 Å². The molecule has 0 aliphatic carbocycles. The highest BCUT2D eigenvalue weighted by molar-refractivity contribution is 6.43. The number of methoxy groups -OCH3 is 1. The molecule has 0 aliphatic heterocycles. The van der Waals surface area contributed by atoms with Crippen LogP contribution < -0.4 is 10.1 Å². The number of nitrogens with zero attached hydrogens (tertiary/aromatic N) is 1. The highest BCUT2D eigenvalue weighted by atomic mass is 16.5. The van der Waals surface area contributed by atoms with E-state index < -0.39 is 11.7 Å². The van der Waals surface area contributed by atoms with E-state index in [1.54, 1.807) is 17.7 Å². The average molecular weight is 364 g/mol. The summed E-state index contributed by atoms with van der Waals surface area (Å²) in [6.07, 6.45) is 3.58. The highest BCUT2D eigenvalue weighted by Gasteiger charge is 2.25. The Bertz CT molecular complexity index is 957. The summed E-state index contributed by atoms with van der Waals surface area (Å²) < 4.78 is 6.98. The minimum atomic E-state index is -0.574. The van der Waals surface area contributed by atoms with Crippen LogP contribution in [-0.2, 0) is 4.79 Å². The minimum absolute atomic E-state index is 0.0397. The van der Waals surface area contributed by atoms with Gasteiger partial charge in [0.25, 0.3) is 11.7 Å². The van der Waals surface area contributed by atoms with Gasteiger partial charge in [0.1, 0.15) is 11.4 Å². The van der Waals surface area contributed by atoms with Crippen LogP contribution in [0.25, 0.3) is 16.6 Å². The van der Waals surface area contributed by atoms with Gasteiger partial charge in [-0.15, -0.1) is 0 Å². The second-order valence-electron chi connectivity index (χ2n) is 6.62. The van der Waals surface area contributed by atoms with Gasteiger partial charge in [0.2, 0.25) is 0 Å². The Balaban J connectivity index is 2.04. The third kappa shape index (κ3) is 3.87. The molecule has 5 heteroatoms. The fraction of sp³-hybridized carbons (Fsp3) is 0.273. The lowest BCUT2D eigenvalue weighted by molar-refractivity contribution is -0.117. The van der Waals surface area contributed by atoms with E-state index in [4.69, 9.17) is 4.74 Å². The molecule has 1 amide bonds. The number of rotatable bonds is 7. The number of benzene rings is 1. The summed E-state index contributed by atoms with van der Waals surface area (Å²) in [6.45, 7) is 3.96. The maximum absolute atomic E-state index is 13.0. The van der Waals surface area contributed by atoms with Crippen LogP contribution in [0.3, 0.4) is 0 Å². The molecule has 0 bridgehead atoms. The fourth-order valence-electron chi connectivity index (χ4n) is 3.25. The Morgan fingerprint density at radius 2 is 1.89 bits per heavy atom. The van der Waals surface area contributed by atoms with E-state index in [0.717, 1.165) is 35.2 Å². The number of ketones is 1. The van der Waals surface area contributed by atoms with Crippen LogP contribution in [-0.4, -0.2) is 29.2 Å². The Morgan fingerprint density at radius 1 is 1.15 bits per heavy atom. The third-order valence-corrected chi connectivity index (χ3v) is 4.60. The van der Waals surface area contributed by atoms with Crippen molar-refractivity contribution in [3.05, 3.63) is 60.4 Å². The second kappa shape index (κ2) is 8.08. The summed E-state index contributed by atoms with van der Waals surface area (Å²) >= 11 is 0. The van der Waals surface area contributed by atoms with Crippen LogP contribution in [0, 0.1) is 0 Å².